The van der Waals surface area contributed by atoms with E-state index in [1.165, 1.54) is 18.9 Å². The van der Waals surface area contributed by atoms with Crippen molar-refractivity contribution in [1.82, 2.24) is 0 Å². The average Bonchev–Trinajstić information content (AvgIpc) is 2.37. The standard InChI is InChI=1S/C9H17F3O.C7H16FSi.2CH4.Y/c1-3-13-7-5-4-6-8(2)9(10,11)12;1-7(4-5-8)6-9(2)3;;;/h8H,3-7H2,1-2H3;9H,4-6H2,1-3H3;2*1H4;/q;-1;;;. The molecule has 25 heavy (non-hydrogen) atoms. The molecule has 0 spiro atoms. The first-order valence-corrected chi connectivity index (χ1v) is 11.3. The molecule has 0 N–H and O–H groups in total. The van der Waals surface area contributed by atoms with Gasteiger partial charge in [0.15, 0.2) is 0 Å². The van der Waals surface area contributed by atoms with Crippen LogP contribution in [0.25, 0.3) is 0 Å². The Morgan fingerprint density at radius 3 is 2.00 bits per heavy atom. The number of alkyl halides is 4. The van der Waals surface area contributed by atoms with E-state index in [1.54, 1.807) is 0 Å². The number of rotatable bonds is 10. The van der Waals surface area contributed by atoms with Crippen LogP contribution in [-0.2, 0) is 37.4 Å². The molecule has 1 radical (unpaired) electrons. The van der Waals surface area contributed by atoms with Crippen molar-refractivity contribution in [3.05, 3.63) is 5.92 Å². The van der Waals surface area contributed by atoms with Gasteiger partial charge in [-0.25, -0.2) is 0 Å². The van der Waals surface area contributed by atoms with Gasteiger partial charge in [-0.3, -0.25) is 4.39 Å². The van der Waals surface area contributed by atoms with Gasteiger partial charge in [-0.2, -0.15) is 26.1 Å². The summed E-state index contributed by atoms with van der Waals surface area (Å²) in [7, 11) is -0.464. The Morgan fingerprint density at radius 2 is 1.64 bits per heavy atom. The third kappa shape index (κ3) is 30.0. The third-order valence-electron chi connectivity index (χ3n) is 3.22. The van der Waals surface area contributed by atoms with Gasteiger partial charge in [-0.15, -0.1) is 6.42 Å². The maximum atomic E-state index is 12.0. The van der Waals surface area contributed by atoms with E-state index in [1.807, 2.05) is 6.92 Å². The minimum Gasteiger partial charge on any atom is -0.382 e. The van der Waals surface area contributed by atoms with Crippen LogP contribution < -0.4 is 0 Å². The van der Waals surface area contributed by atoms with Gasteiger partial charge in [-0.1, -0.05) is 41.3 Å². The van der Waals surface area contributed by atoms with Crippen LogP contribution in [0.2, 0.25) is 19.1 Å². The number of halogens is 4. The van der Waals surface area contributed by atoms with Gasteiger partial charge >= 0.3 is 6.18 Å². The van der Waals surface area contributed by atoms with Crippen molar-refractivity contribution in [2.45, 2.75) is 86.6 Å². The number of hydrogen-bond acceptors (Lipinski definition) is 1. The molecule has 1 atom stereocenters. The van der Waals surface area contributed by atoms with E-state index < -0.39 is 20.9 Å². The largest absolute Gasteiger partial charge is 0.391 e. The Kier molecular flexibility index (Phi) is 34.0. The van der Waals surface area contributed by atoms with E-state index in [-0.39, 0.29) is 60.7 Å². The summed E-state index contributed by atoms with van der Waals surface area (Å²) in [6.07, 6.45) is -1.84. The molecular weight excluding hydrogens is 425 g/mol. The van der Waals surface area contributed by atoms with E-state index >= 15 is 0 Å². The van der Waals surface area contributed by atoms with Crippen LogP contribution in [0.15, 0.2) is 0 Å². The molecule has 0 aliphatic carbocycles. The van der Waals surface area contributed by atoms with Crippen molar-refractivity contribution in [2.75, 3.05) is 19.9 Å². The SMILES string of the molecule is C.C.CCOCCCCC(C)C(F)(F)F.C[C-](CCF)C[SiH](C)C.[Y]. The summed E-state index contributed by atoms with van der Waals surface area (Å²) in [6, 6.07) is 1.21. The quantitative estimate of drug-likeness (QED) is 0.145. The fourth-order valence-electron chi connectivity index (χ4n) is 1.92. The predicted molar refractivity (Wildman–Crippen MR) is 102 cm³/mol. The summed E-state index contributed by atoms with van der Waals surface area (Å²) in [6.45, 7) is 10.8. The normalized spacial score (nSPS) is 11.6. The molecule has 0 aromatic carbocycles. The van der Waals surface area contributed by atoms with Crippen LogP contribution in [0.4, 0.5) is 17.6 Å². The molecule has 0 saturated heterocycles. The fourth-order valence-corrected chi connectivity index (χ4v) is 3.52. The van der Waals surface area contributed by atoms with Gasteiger partial charge in [0, 0.05) is 54.7 Å². The fraction of sp³-hybridized carbons (Fsp3) is 0.944. The van der Waals surface area contributed by atoms with E-state index in [2.05, 4.69) is 20.0 Å². The van der Waals surface area contributed by atoms with Crippen LogP contribution in [0.1, 0.15) is 61.3 Å². The van der Waals surface area contributed by atoms with Gasteiger partial charge in [0.2, 0.25) is 0 Å². The molecule has 7 heteroatoms. The number of hydrogen-bond donors (Lipinski definition) is 0. The van der Waals surface area contributed by atoms with Gasteiger partial charge in [0.05, 0.1) is 12.6 Å². The van der Waals surface area contributed by atoms with Gasteiger partial charge < -0.3 is 10.7 Å². The van der Waals surface area contributed by atoms with Crippen LogP contribution in [0.3, 0.4) is 0 Å². The maximum Gasteiger partial charge on any atom is 0.391 e. The molecule has 0 rings (SSSR count). The molecule has 0 aliphatic rings. The first-order chi connectivity index (χ1) is 10.1. The van der Waals surface area contributed by atoms with Crippen LogP contribution >= 0.6 is 0 Å². The smallest absolute Gasteiger partial charge is 0.382 e. The average molecular weight is 467 g/mol. The molecule has 0 aromatic heterocycles. The summed E-state index contributed by atoms with van der Waals surface area (Å²) in [5.74, 6) is 0.160. The van der Waals surface area contributed by atoms with Crippen LogP contribution in [-0.4, -0.2) is 34.9 Å². The molecular formula is C18H41F4OSiY-. The molecule has 0 aliphatic heterocycles. The molecule has 1 unspecified atom stereocenters. The molecule has 0 saturated carbocycles. The van der Waals surface area contributed by atoms with E-state index in [0.29, 0.717) is 32.5 Å². The minimum absolute atomic E-state index is 0. The van der Waals surface area contributed by atoms with Gasteiger partial charge in [0.25, 0.3) is 0 Å². The van der Waals surface area contributed by atoms with Crippen molar-refractivity contribution < 1.29 is 55.0 Å². The zero-order valence-electron chi connectivity index (χ0n) is 15.3. The van der Waals surface area contributed by atoms with E-state index in [0.717, 1.165) is 0 Å². The van der Waals surface area contributed by atoms with Crippen LogP contribution in [0, 0.1) is 11.8 Å². The van der Waals surface area contributed by atoms with Crippen molar-refractivity contribution in [3.8, 4) is 0 Å². The van der Waals surface area contributed by atoms with Crippen molar-refractivity contribution in [2.24, 2.45) is 5.92 Å². The van der Waals surface area contributed by atoms with E-state index in [4.69, 9.17) is 4.74 Å². The Hall–Kier alpha value is 1.00. The first kappa shape index (κ1) is 36.8. The Bertz CT molecular complexity index is 242. The summed E-state index contributed by atoms with van der Waals surface area (Å²) in [4.78, 5) is 0. The minimum atomic E-state index is -4.04. The number of ether oxygens (including phenoxy) is 1. The molecule has 155 valence electrons. The van der Waals surface area contributed by atoms with Gasteiger partial charge in [0.1, 0.15) is 0 Å². The monoisotopic (exact) mass is 466 g/mol. The molecule has 0 heterocycles. The molecule has 0 amide bonds. The summed E-state index contributed by atoms with van der Waals surface area (Å²) in [5, 5.41) is 0. The Labute approximate surface area is 181 Å². The van der Waals surface area contributed by atoms with Gasteiger partial charge in [-0.05, 0) is 19.8 Å². The second-order valence-electron chi connectivity index (χ2n) is 6.13. The predicted octanol–water partition coefficient (Wildman–Crippen LogP) is 7.09. The zero-order valence-corrected chi connectivity index (χ0v) is 19.3. The summed E-state index contributed by atoms with van der Waals surface area (Å²) < 4.78 is 52.7. The molecule has 0 bridgehead atoms. The van der Waals surface area contributed by atoms with Crippen molar-refractivity contribution in [1.29, 1.82) is 0 Å². The van der Waals surface area contributed by atoms with Crippen molar-refractivity contribution in [3.63, 3.8) is 0 Å². The number of unbranched alkanes of at least 4 members (excludes halogenated alkanes) is 1. The Balaban J connectivity index is -0.0000001000. The molecule has 0 aromatic rings. The Morgan fingerprint density at radius 1 is 1.12 bits per heavy atom. The zero-order chi connectivity index (χ0) is 17.6. The van der Waals surface area contributed by atoms with Crippen molar-refractivity contribution >= 4 is 8.80 Å². The van der Waals surface area contributed by atoms with E-state index in [9.17, 15) is 17.6 Å². The summed E-state index contributed by atoms with van der Waals surface area (Å²) >= 11 is 0. The molecule has 0 fully saturated rings. The first-order valence-electron chi connectivity index (χ1n) is 8.16. The molecule has 1 nitrogen and oxygen atoms in total. The van der Waals surface area contributed by atoms with Crippen LogP contribution in [0.5, 0.6) is 0 Å². The summed E-state index contributed by atoms with van der Waals surface area (Å²) in [5.41, 5.74) is 0. The second kappa shape index (κ2) is 23.0. The third-order valence-corrected chi connectivity index (χ3v) is 4.73. The topological polar surface area (TPSA) is 9.23 Å². The maximum absolute atomic E-state index is 12.0. The second-order valence-corrected chi connectivity index (χ2v) is 9.33.